The Bertz CT molecular complexity index is 617. The molecule has 96 valence electrons. The summed E-state index contributed by atoms with van der Waals surface area (Å²) in [4.78, 5) is 11.6. The quantitative estimate of drug-likeness (QED) is 0.844. The second kappa shape index (κ2) is 4.57. The fourth-order valence-corrected chi connectivity index (χ4v) is 2.84. The van der Waals surface area contributed by atoms with E-state index in [4.69, 9.17) is 5.73 Å². The molecule has 0 heterocycles. The van der Waals surface area contributed by atoms with Crippen molar-refractivity contribution < 1.29 is 13.2 Å². The van der Waals surface area contributed by atoms with Gasteiger partial charge in [0.2, 0.25) is 5.91 Å². The Labute approximate surface area is 106 Å². The molecule has 1 aliphatic carbocycles. The number of rotatable bonds is 3. The van der Waals surface area contributed by atoms with E-state index in [1.807, 2.05) is 6.08 Å². The fraction of sp³-hybridized carbons (Fsp3) is 0.308. The van der Waals surface area contributed by atoms with Crippen LogP contribution in [0.5, 0.6) is 0 Å². The fourth-order valence-electron chi connectivity index (χ4n) is 2.19. The molecule has 0 fully saturated rings. The lowest BCUT2D eigenvalue weighted by Gasteiger charge is -2.13. The van der Waals surface area contributed by atoms with Gasteiger partial charge in [-0.25, -0.2) is 8.42 Å². The lowest BCUT2D eigenvalue weighted by atomic mass is 9.93. The van der Waals surface area contributed by atoms with E-state index in [0.717, 1.165) is 24.7 Å². The van der Waals surface area contributed by atoms with Crippen molar-refractivity contribution in [2.24, 2.45) is 5.73 Å². The molecule has 18 heavy (non-hydrogen) atoms. The summed E-state index contributed by atoms with van der Waals surface area (Å²) in [5, 5.41) is 0. The van der Waals surface area contributed by atoms with Crippen molar-refractivity contribution in [3.8, 4) is 0 Å². The third-order valence-electron chi connectivity index (χ3n) is 3.13. The number of allylic oxidation sites excluding steroid dienone is 2. The summed E-state index contributed by atoms with van der Waals surface area (Å²) in [5.41, 5.74) is 6.45. The van der Waals surface area contributed by atoms with Crippen LogP contribution >= 0.6 is 0 Å². The molecule has 0 spiro atoms. The Morgan fingerprint density at radius 1 is 1.39 bits per heavy atom. The Balaban J connectivity index is 2.55. The summed E-state index contributed by atoms with van der Waals surface area (Å²) in [6, 6.07) is 4.60. The molecule has 4 nitrogen and oxygen atoms in total. The molecule has 1 atom stereocenters. The van der Waals surface area contributed by atoms with Crippen LogP contribution in [-0.2, 0) is 9.84 Å². The predicted molar refractivity (Wildman–Crippen MR) is 69.2 cm³/mol. The summed E-state index contributed by atoms with van der Waals surface area (Å²) >= 11 is 0. The number of benzene rings is 1. The average Bonchev–Trinajstić information content (AvgIpc) is 2.80. The summed E-state index contributed by atoms with van der Waals surface area (Å²) in [6.45, 7) is 0. The highest BCUT2D eigenvalue weighted by molar-refractivity contribution is 7.90. The lowest BCUT2D eigenvalue weighted by Crippen LogP contribution is -2.16. The molecule has 2 rings (SSSR count). The van der Waals surface area contributed by atoms with Crippen LogP contribution in [0.1, 0.15) is 34.7 Å². The first kappa shape index (κ1) is 12.8. The molecule has 0 aliphatic heterocycles. The first-order valence-corrected chi connectivity index (χ1v) is 7.59. The van der Waals surface area contributed by atoms with Crippen LogP contribution < -0.4 is 5.73 Å². The predicted octanol–water partition coefficient (Wildman–Crippen LogP) is 1.62. The molecule has 1 aromatic rings. The normalized spacial score (nSPS) is 19.1. The highest BCUT2D eigenvalue weighted by Crippen LogP contribution is 2.31. The molecule has 0 saturated heterocycles. The van der Waals surface area contributed by atoms with Crippen LogP contribution in [0.4, 0.5) is 0 Å². The van der Waals surface area contributed by atoms with Gasteiger partial charge in [0.05, 0.1) is 4.90 Å². The highest BCUT2D eigenvalue weighted by atomic mass is 32.2. The van der Waals surface area contributed by atoms with Gasteiger partial charge >= 0.3 is 0 Å². The van der Waals surface area contributed by atoms with Gasteiger partial charge < -0.3 is 5.73 Å². The number of carbonyl (C=O) groups excluding carboxylic acids is 1. The van der Waals surface area contributed by atoms with Crippen molar-refractivity contribution in [1.82, 2.24) is 0 Å². The van der Waals surface area contributed by atoms with Crippen molar-refractivity contribution in [3.63, 3.8) is 0 Å². The number of hydrogen-bond donors (Lipinski definition) is 1. The molecule has 2 N–H and O–H groups in total. The number of hydrogen-bond acceptors (Lipinski definition) is 3. The van der Waals surface area contributed by atoms with E-state index in [9.17, 15) is 13.2 Å². The molecule has 1 aliphatic rings. The van der Waals surface area contributed by atoms with Gasteiger partial charge in [0.1, 0.15) is 0 Å². The van der Waals surface area contributed by atoms with Crippen LogP contribution in [0.15, 0.2) is 35.2 Å². The van der Waals surface area contributed by atoms with E-state index in [-0.39, 0.29) is 10.8 Å². The van der Waals surface area contributed by atoms with Crippen molar-refractivity contribution in [2.45, 2.75) is 23.7 Å². The molecule has 1 amide bonds. The molecular formula is C13H15NO3S. The van der Waals surface area contributed by atoms with Gasteiger partial charge in [-0.1, -0.05) is 18.2 Å². The third-order valence-corrected chi connectivity index (χ3v) is 4.24. The maximum atomic E-state index is 11.5. The van der Waals surface area contributed by atoms with Crippen molar-refractivity contribution >= 4 is 15.7 Å². The molecule has 5 heteroatoms. The van der Waals surface area contributed by atoms with Crippen LogP contribution in [0.25, 0.3) is 0 Å². The smallest absolute Gasteiger partial charge is 0.249 e. The van der Waals surface area contributed by atoms with E-state index in [1.54, 1.807) is 6.07 Å². The first-order valence-electron chi connectivity index (χ1n) is 5.70. The minimum atomic E-state index is -3.32. The largest absolute Gasteiger partial charge is 0.366 e. The van der Waals surface area contributed by atoms with Crippen LogP contribution in [-0.4, -0.2) is 20.6 Å². The van der Waals surface area contributed by atoms with Crippen LogP contribution in [0, 0.1) is 0 Å². The molecule has 0 bridgehead atoms. The van der Waals surface area contributed by atoms with Crippen LogP contribution in [0.3, 0.4) is 0 Å². The molecule has 0 aromatic heterocycles. The molecule has 1 aromatic carbocycles. The Hall–Kier alpha value is -1.62. The topological polar surface area (TPSA) is 77.2 Å². The molecule has 0 radical (unpaired) electrons. The second-order valence-corrected chi connectivity index (χ2v) is 6.51. The van der Waals surface area contributed by atoms with Gasteiger partial charge in [-0.05, 0) is 30.5 Å². The lowest BCUT2D eigenvalue weighted by molar-refractivity contribution is 0.0999. The van der Waals surface area contributed by atoms with Crippen molar-refractivity contribution in [1.29, 1.82) is 0 Å². The monoisotopic (exact) mass is 265 g/mol. The minimum Gasteiger partial charge on any atom is -0.366 e. The molecule has 1 unspecified atom stereocenters. The Morgan fingerprint density at radius 2 is 2.11 bits per heavy atom. The van der Waals surface area contributed by atoms with Gasteiger partial charge in [0.15, 0.2) is 9.84 Å². The summed E-state index contributed by atoms with van der Waals surface area (Å²) in [7, 11) is -3.32. The standard InChI is InChI=1S/C13H15NO3S/c1-18(16,17)10-6-7-11(9-4-2-3-5-9)12(8-10)13(14)15/h2,4,6-9H,3,5H2,1H3,(H2,14,15). The number of primary amides is 1. The van der Waals surface area contributed by atoms with Crippen molar-refractivity contribution in [2.75, 3.05) is 6.26 Å². The summed E-state index contributed by atoms with van der Waals surface area (Å²) in [5.74, 6) is -0.433. The molecule has 0 saturated carbocycles. The summed E-state index contributed by atoms with van der Waals surface area (Å²) < 4.78 is 22.9. The Kier molecular flexibility index (Phi) is 3.26. The third kappa shape index (κ3) is 2.46. The van der Waals surface area contributed by atoms with Gasteiger partial charge in [-0.2, -0.15) is 0 Å². The van der Waals surface area contributed by atoms with Crippen molar-refractivity contribution in [3.05, 3.63) is 41.5 Å². The van der Waals surface area contributed by atoms with Gasteiger partial charge in [0.25, 0.3) is 0 Å². The van der Waals surface area contributed by atoms with Gasteiger partial charge in [-0.3, -0.25) is 4.79 Å². The minimum absolute atomic E-state index is 0.127. The van der Waals surface area contributed by atoms with E-state index in [2.05, 4.69) is 6.08 Å². The van der Waals surface area contributed by atoms with E-state index < -0.39 is 15.7 Å². The number of amides is 1. The number of carbonyl (C=O) groups is 1. The zero-order valence-corrected chi connectivity index (χ0v) is 10.9. The zero-order chi connectivity index (χ0) is 13.3. The second-order valence-electron chi connectivity index (χ2n) is 4.50. The maximum absolute atomic E-state index is 11.5. The number of sulfone groups is 1. The molecular weight excluding hydrogens is 250 g/mol. The van der Waals surface area contributed by atoms with Gasteiger partial charge in [-0.15, -0.1) is 0 Å². The van der Waals surface area contributed by atoms with E-state index >= 15 is 0 Å². The van der Waals surface area contributed by atoms with E-state index in [1.165, 1.54) is 12.1 Å². The first-order chi connectivity index (χ1) is 8.39. The van der Waals surface area contributed by atoms with Crippen LogP contribution in [0.2, 0.25) is 0 Å². The van der Waals surface area contributed by atoms with Gasteiger partial charge in [0, 0.05) is 17.7 Å². The van der Waals surface area contributed by atoms with E-state index in [0.29, 0.717) is 5.56 Å². The summed E-state index contributed by atoms with van der Waals surface area (Å²) in [6.07, 6.45) is 7.10. The maximum Gasteiger partial charge on any atom is 0.249 e. The number of nitrogens with two attached hydrogens (primary N) is 1. The average molecular weight is 265 g/mol. The zero-order valence-electron chi connectivity index (χ0n) is 10.1. The SMILES string of the molecule is CS(=O)(=O)c1ccc(C2C=CCC2)c(C(N)=O)c1. The Morgan fingerprint density at radius 3 is 2.61 bits per heavy atom. The highest BCUT2D eigenvalue weighted by Gasteiger charge is 2.20.